The van der Waals surface area contributed by atoms with Gasteiger partial charge in [0.15, 0.2) is 0 Å². The van der Waals surface area contributed by atoms with Crippen LogP contribution in [0.25, 0.3) is 0 Å². The van der Waals surface area contributed by atoms with Crippen molar-refractivity contribution in [2.75, 3.05) is 65.2 Å². The predicted octanol–water partition coefficient (Wildman–Crippen LogP) is 2.16. The van der Waals surface area contributed by atoms with E-state index in [4.69, 9.17) is 0 Å². The number of hydrogen-bond donors (Lipinski definition) is 1. The van der Waals surface area contributed by atoms with Crippen molar-refractivity contribution in [3.8, 4) is 0 Å². The summed E-state index contributed by atoms with van der Waals surface area (Å²) in [6.07, 6.45) is 2.72. The minimum Gasteiger partial charge on any atom is -0.326 e. The summed E-state index contributed by atoms with van der Waals surface area (Å²) in [5, 5.41) is 2.95. The topological polar surface area (TPSA) is 38.8 Å². The second-order valence-corrected chi connectivity index (χ2v) is 7.19. The van der Waals surface area contributed by atoms with Gasteiger partial charge < -0.3 is 20.0 Å². The molecule has 1 N–H and O–H groups in total. The first kappa shape index (κ1) is 19.9. The van der Waals surface area contributed by atoms with Gasteiger partial charge in [-0.1, -0.05) is 12.1 Å². The molecule has 0 aromatic heterocycles. The molecule has 5 nitrogen and oxygen atoms in total. The zero-order chi connectivity index (χ0) is 18.1. The molecule has 1 aliphatic heterocycles. The number of anilines is 1. The van der Waals surface area contributed by atoms with Crippen LogP contribution in [-0.2, 0) is 4.79 Å². The zero-order valence-electron chi connectivity index (χ0n) is 15.8. The highest BCUT2D eigenvalue weighted by Gasteiger charge is 2.16. The lowest BCUT2D eigenvalue weighted by molar-refractivity contribution is -0.116. The largest absolute Gasteiger partial charge is 0.326 e. The molecule has 1 heterocycles. The number of nitrogens with one attached hydrogen (secondary N) is 1. The average Bonchev–Trinajstić information content (AvgIpc) is 2.56. The van der Waals surface area contributed by atoms with Crippen LogP contribution in [0, 0.1) is 6.92 Å². The van der Waals surface area contributed by atoms with E-state index in [0.29, 0.717) is 6.42 Å². The first-order valence-electron chi connectivity index (χ1n) is 9.34. The maximum Gasteiger partial charge on any atom is 0.224 e. The second-order valence-electron chi connectivity index (χ2n) is 7.19. The number of piperazine rings is 1. The molecule has 1 fully saturated rings. The van der Waals surface area contributed by atoms with Gasteiger partial charge in [-0.3, -0.25) is 4.79 Å². The maximum absolute atomic E-state index is 12.0. The van der Waals surface area contributed by atoms with E-state index >= 15 is 0 Å². The molecule has 5 heteroatoms. The average molecular weight is 346 g/mol. The Morgan fingerprint density at radius 1 is 1.12 bits per heavy atom. The van der Waals surface area contributed by atoms with Crippen molar-refractivity contribution in [1.82, 2.24) is 14.7 Å². The number of hydrogen-bond acceptors (Lipinski definition) is 4. The van der Waals surface area contributed by atoms with E-state index in [1.165, 1.54) is 13.0 Å². The van der Waals surface area contributed by atoms with Gasteiger partial charge in [-0.05, 0) is 71.2 Å². The third-order valence-corrected chi connectivity index (χ3v) is 4.63. The van der Waals surface area contributed by atoms with Gasteiger partial charge in [0.25, 0.3) is 0 Å². The maximum atomic E-state index is 12.0. The van der Waals surface area contributed by atoms with Gasteiger partial charge in [-0.25, -0.2) is 0 Å². The summed E-state index contributed by atoms with van der Waals surface area (Å²) in [4.78, 5) is 19.3. The summed E-state index contributed by atoms with van der Waals surface area (Å²) in [5.41, 5.74) is 1.75. The Hall–Kier alpha value is -1.43. The summed E-state index contributed by atoms with van der Waals surface area (Å²) in [7, 11) is 4.26. The minimum absolute atomic E-state index is 0.0907. The number of benzene rings is 1. The van der Waals surface area contributed by atoms with E-state index in [-0.39, 0.29) is 5.91 Å². The van der Waals surface area contributed by atoms with E-state index in [9.17, 15) is 4.79 Å². The lowest BCUT2D eigenvalue weighted by Crippen LogP contribution is -2.47. The normalized spacial score (nSPS) is 16.3. The van der Waals surface area contributed by atoms with Crippen LogP contribution in [0.1, 0.15) is 24.8 Å². The Bertz CT molecular complexity index is 524. The van der Waals surface area contributed by atoms with Crippen LogP contribution in [0.2, 0.25) is 0 Å². The number of carbonyl (C=O) groups is 1. The third-order valence-electron chi connectivity index (χ3n) is 4.63. The van der Waals surface area contributed by atoms with Gasteiger partial charge in [0.1, 0.15) is 0 Å². The van der Waals surface area contributed by atoms with Gasteiger partial charge in [-0.2, -0.15) is 0 Å². The van der Waals surface area contributed by atoms with E-state index in [1.54, 1.807) is 0 Å². The number of nitrogens with zero attached hydrogens (tertiary/aromatic N) is 3. The van der Waals surface area contributed by atoms with Crippen LogP contribution in [0.15, 0.2) is 24.3 Å². The molecule has 0 aliphatic carbocycles. The van der Waals surface area contributed by atoms with Gasteiger partial charge in [0.2, 0.25) is 5.91 Å². The molecule has 0 saturated carbocycles. The fourth-order valence-corrected chi connectivity index (χ4v) is 3.18. The zero-order valence-corrected chi connectivity index (χ0v) is 15.8. The molecule has 139 valence electrons. The van der Waals surface area contributed by atoms with Crippen molar-refractivity contribution in [3.63, 3.8) is 0 Å². The Balaban J connectivity index is 1.56. The van der Waals surface area contributed by atoms with Gasteiger partial charge in [-0.15, -0.1) is 0 Å². The molecule has 1 saturated heterocycles. The van der Waals surface area contributed by atoms with Crippen LogP contribution in [-0.4, -0.2) is 80.5 Å². The fourth-order valence-electron chi connectivity index (χ4n) is 3.18. The van der Waals surface area contributed by atoms with E-state index in [0.717, 1.165) is 56.9 Å². The predicted molar refractivity (Wildman–Crippen MR) is 105 cm³/mol. The van der Waals surface area contributed by atoms with Crippen molar-refractivity contribution >= 4 is 11.6 Å². The first-order valence-corrected chi connectivity index (χ1v) is 9.34. The quantitative estimate of drug-likeness (QED) is 0.744. The molecule has 0 unspecified atom stereocenters. The first-order chi connectivity index (χ1) is 12.0. The lowest BCUT2D eigenvalue weighted by Gasteiger charge is -2.34. The van der Waals surface area contributed by atoms with Crippen molar-refractivity contribution in [2.45, 2.75) is 19.3 Å². The minimum atomic E-state index is 0.0907. The van der Waals surface area contributed by atoms with Crippen LogP contribution in [0.5, 0.6) is 0 Å². The van der Waals surface area contributed by atoms with Crippen LogP contribution >= 0.6 is 0 Å². The van der Waals surface area contributed by atoms with Crippen LogP contribution in [0.4, 0.5) is 5.69 Å². The number of carbonyl (C=O) groups excluding carboxylic acids is 1. The van der Waals surface area contributed by atoms with Crippen molar-refractivity contribution < 1.29 is 4.79 Å². The molecule has 0 spiro atoms. The van der Waals surface area contributed by atoms with Gasteiger partial charge in [0, 0.05) is 38.3 Å². The molecule has 1 aromatic rings. The molecular weight excluding hydrogens is 312 g/mol. The summed E-state index contributed by atoms with van der Waals surface area (Å²) in [5.74, 6) is 0.0907. The molecule has 1 radical (unpaired) electrons. The smallest absolute Gasteiger partial charge is 0.224 e. The van der Waals surface area contributed by atoms with Crippen molar-refractivity contribution in [3.05, 3.63) is 36.8 Å². The van der Waals surface area contributed by atoms with E-state index in [1.807, 2.05) is 24.3 Å². The highest BCUT2D eigenvalue weighted by Crippen LogP contribution is 2.10. The van der Waals surface area contributed by atoms with Crippen molar-refractivity contribution in [1.29, 1.82) is 0 Å². The molecule has 1 aliphatic rings. The van der Waals surface area contributed by atoms with Crippen LogP contribution < -0.4 is 5.32 Å². The monoisotopic (exact) mass is 345 g/mol. The SMILES string of the molecule is [CH2]c1cccc(NC(=O)CCCN2CCN(CCCN(C)C)CC2)c1. The summed E-state index contributed by atoms with van der Waals surface area (Å²) >= 11 is 0. The lowest BCUT2D eigenvalue weighted by atomic mass is 10.2. The Labute approximate surface area is 153 Å². The van der Waals surface area contributed by atoms with Gasteiger partial charge >= 0.3 is 0 Å². The Kier molecular flexibility index (Phi) is 8.38. The molecule has 0 atom stereocenters. The molecule has 25 heavy (non-hydrogen) atoms. The molecule has 1 aromatic carbocycles. The summed E-state index contributed by atoms with van der Waals surface area (Å²) in [6.45, 7) is 11.8. The van der Waals surface area contributed by atoms with Crippen molar-refractivity contribution in [2.24, 2.45) is 0 Å². The standard InChI is InChI=1S/C20H33N4O/c1-18-7-4-8-19(17-18)21-20(25)9-5-11-23-13-15-24(16-14-23)12-6-10-22(2)3/h4,7-8,17H,1,5-6,9-16H2,2-3H3,(H,21,25). The Morgan fingerprint density at radius 2 is 1.76 bits per heavy atom. The summed E-state index contributed by atoms with van der Waals surface area (Å²) in [6, 6.07) is 7.64. The van der Waals surface area contributed by atoms with E-state index < -0.39 is 0 Å². The molecule has 0 bridgehead atoms. The molecule has 2 rings (SSSR count). The van der Waals surface area contributed by atoms with E-state index in [2.05, 4.69) is 41.0 Å². The fraction of sp³-hybridized carbons (Fsp3) is 0.600. The highest BCUT2D eigenvalue weighted by molar-refractivity contribution is 5.90. The Morgan fingerprint density at radius 3 is 2.36 bits per heavy atom. The second kappa shape index (κ2) is 10.5. The molecular formula is C20H33N4O. The number of amides is 1. The van der Waals surface area contributed by atoms with Crippen LogP contribution in [0.3, 0.4) is 0 Å². The number of rotatable bonds is 9. The molecule has 1 amide bonds. The third kappa shape index (κ3) is 7.99. The summed E-state index contributed by atoms with van der Waals surface area (Å²) < 4.78 is 0. The van der Waals surface area contributed by atoms with Gasteiger partial charge in [0.05, 0.1) is 0 Å². The highest BCUT2D eigenvalue weighted by atomic mass is 16.1.